The van der Waals surface area contributed by atoms with E-state index in [4.69, 9.17) is 19.3 Å². The van der Waals surface area contributed by atoms with Crippen molar-refractivity contribution in [2.24, 2.45) is 0 Å². The second kappa shape index (κ2) is 12.1. The van der Waals surface area contributed by atoms with Gasteiger partial charge in [0.05, 0.1) is 6.61 Å². The Morgan fingerprint density at radius 2 is 1.61 bits per heavy atom. The Kier molecular flexibility index (Phi) is 11.0. The van der Waals surface area contributed by atoms with Gasteiger partial charge in [-0.2, -0.15) is 0 Å². The van der Waals surface area contributed by atoms with E-state index in [0.717, 1.165) is 51.7 Å². The Morgan fingerprint density at radius 1 is 0.957 bits per heavy atom. The van der Waals surface area contributed by atoms with Gasteiger partial charge in [0.25, 0.3) is 0 Å². The Morgan fingerprint density at radius 3 is 2.26 bits per heavy atom. The molecule has 0 aromatic rings. The van der Waals surface area contributed by atoms with E-state index in [0.29, 0.717) is 6.61 Å². The monoisotopic (exact) mass is 336 g/mol. The highest BCUT2D eigenvalue weighted by Gasteiger charge is 2.46. The lowest BCUT2D eigenvalue weighted by atomic mass is 10.1. The molecule has 0 saturated carbocycles. The summed E-state index contributed by atoms with van der Waals surface area (Å²) in [6.07, 6.45) is 0.507. The summed E-state index contributed by atoms with van der Waals surface area (Å²) in [7, 11) is 0. The standard InChI is InChI=1S/C16H32O7/c1-2-8-21-9-6-4-3-5-7-10-22-16-14(20)13(19)15(23-16)12(18)11-17/h12-20H,2-11H2,1H3/t12-,13-,14-,15-,16+/m1/s1. The fourth-order valence-electron chi connectivity index (χ4n) is 2.51. The van der Waals surface area contributed by atoms with Crippen LogP contribution in [0.3, 0.4) is 0 Å². The Bertz CT molecular complexity index is 290. The molecular formula is C16H32O7. The molecule has 4 N–H and O–H groups in total. The third-order valence-corrected chi connectivity index (χ3v) is 3.89. The number of aliphatic hydroxyl groups excluding tert-OH is 4. The molecule has 5 atom stereocenters. The van der Waals surface area contributed by atoms with E-state index in [2.05, 4.69) is 6.92 Å². The molecule has 1 fully saturated rings. The molecule has 0 aliphatic carbocycles. The van der Waals surface area contributed by atoms with Crippen molar-refractivity contribution < 1.29 is 34.6 Å². The number of hydrogen-bond donors (Lipinski definition) is 4. The van der Waals surface area contributed by atoms with Crippen LogP contribution in [-0.2, 0) is 14.2 Å². The predicted octanol–water partition coefficient (Wildman–Crippen LogP) is 0.180. The van der Waals surface area contributed by atoms with Crippen LogP contribution < -0.4 is 0 Å². The number of rotatable bonds is 13. The molecule has 138 valence electrons. The average Bonchev–Trinajstić information content (AvgIpc) is 2.84. The average molecular weight is 336 g/mol. The summed E-state index contributed by atoms with van der Waals surface area (Å²) in [5.41, 5.74) is 0. The highest BCUT2D eigenvalue weighted by atomic mass is 16.7. The van der Waals surface area contributed by atoms with Gasteiger partial charge in [-0.25, -0.2) is 0 Å². The van der Waals surface area contributed by atoms with Crippen molar-refractivity contribution in [1.82, 2.24) is 0 Å². The minimum atomic E-state index is -1.26. The molecule has 1 aliphatic rings. The lowest BCUT2D eigenvalue weighted by molar-refractivity contribution is -0.181. The summed E-state index contributed by atoms with van der Waals surface area (Å²) in [6, 6.07) is 0. The molecule has 0 unspecified atom stereocenters. The molecule has 1 saturated heterocycles. The first-order chi connectivity index (χ1) is 11.1. The van der Waals surface area contributed by atoms with E-state index in [1.165, 1.54) is 0 Å². The van der Waals surface area contributed by atoms with Gasteiger partial charge in [-0.05, 0) is 19.3 Å². The normalized spacial score (nSPS) is 29.1. The topological polar surface area (TPSA) is 109 Å². The molecule has 0 aromatic carbocycles. The van der Waals surface area contributed by atoms with E-state index in [9.17, 15) is 15.3 Å². The fourth-order valence-corrected chi connectivity index (χ4v) is 2.51. The predicted molar refractivity (Wildman–Crippen MR) is 83.9 cm³/mol. The van der Waals surface area contributed by atoms with Gasteiger partial charge in [0.1, 0.15) is 24.4 Å². The molecule has 1 aliphatic heterocycles. The fraction of sp³-hybridized carbons (Fsp3) is 1.00. The molecule has 23 heavy (non-hydrogen) atoms. The third kappa shape index (κ3) is 7.43. The Labute approximate surface area is 138 Å². The molecule has 7 nitrogen and oxygen atoms in total. The molecule has 0 aromatic heterocycles. The van der Waals surface area contributed by atoms with Gasteiger partial charge in [0.2, 0.25) is 0 Å². The van der Waals surface area contributed by atoms with E-state index in [-0.39, 0.29) is 0 Å². The van der Waals surface area contributed by atoms with Gasteiger partial charge in [0.15, 0.2) is 6.29 Å². The number of unbranched alkanes of at least 4 members (excludes halogenated alkanes) is 4. The largest absolute Gasteiger partial charge is 0.394 e. The van der Waals surface area contributed by atoms with Crippen molar-refractivity contribution in [3.05, 3.63) is 0 Å². The van der Waals surface area contributed by atoms with Crippen molar-refractivity contribution in [2.75, 3.05) is 26.4 Å². The van der Waals surface area contributed by atoms with Gasteiger partial charge in [-0.3, -0.25) is 0 Å². The van der Waals surface area contributed by atoms with Crippen LogP contribution in [0, 0.1) is 0 Å². The lowest BCUT2D eigenvalue weighted by Crippen LogP contribution is -2.40. The number of hydrogen-bond acceptors (Lipinski definition) is 7. The molecule has 1 heterocycles. The zero-order chi connectivity index (χ0) is 17.1. The van der Waals surface area contributed by atoms with Gasteiger partial charge >= 0.3 is 0 Å². The minimum absolute atomic E-state index is 0.419. The van der Waals surface area contributed by atoms with Crippen LogP contribution >= 0.6 is 0 Å². The maximum absolute atomic E-state index is 9.81. The van der Waals surface area contributed by atoms with Crippen LogP contribution in [0.5, 0.6) is 0 Å². The van der Waals surface area contributed by atoms with Crippen LogP contribution in [-0.4, -0.2) is 77.6 Å². The number of aliphatic hydroxyl groups is 4. The Hall–Kier alpha value is -0.280. The maximum atomic E-state index is 9.81. The van der Waals surface area contributed by atoms with Crippen molar-refractivity contribution in [3.8, 4) is 0 Å². The highest BCUT2D eigenvalue weighted by molar-refractivity contribution is 4.90. The SMILES string of the molecule is CCCOCCCCCCCO[C@H]1O[C@H]([C@H](O)CO)[C@H](O)[C@H]1O. The quantitative estimate of drug-likeness (QED) is 0.355. The zero-order valence-corrected chi connectivity index (χ0v) is 14.0. The number of ether oxygens (including phenoxy) is 3. The summed E-state index contributed by atoms with van der Waals surface area (Å²) in [5.74, 6) is 0. The van der Waals surface area contributed by atoms with Crippen molar-refractivity contribution in [1.29, 1.82) is 0 Å². The van der Waals surface area contributed by atoms with Gasteiger partial charge in [0, 0.05) is 19.8 Å². The first-order valence-corrected chi connectivity index (χ1v) is 8.61. The van der Waals surface area contributed by atoms with E-state index in [1.807, 2.05) is 0 Å². The summed E-state index contributed by atoms with van der Waals surface area (Å²) in [4.78, 5) is 0. The molecule has 7 heteroatoms. The molecule has 0 radical (unpaired) electrons. The van der Waals surface area contributed by atoms with E-state index < -0.39 is 37.3 Å². The molecule has 0 bridgehead atoms. The van der Waals surface area contributed by atoms with Crippen LogP contribution in [0.15, 0.2) is 0 Å². The van der Waals surface area contributed by atoms with Gasteiger partial charge in [-0.15, -0.1) is 0 Å². The molecular weight excluding hydrogens is 304 g/mol. The summed E-state index contributed by atoms with van der Waals surface area (Å²) in [6.45, 7) is 3.62. The molecule has 1 rings (SSSR count). The minimum Gasteiger partial charge on any atom is -0.394 e. The highest BCUT2D eigenvalue weighted by Crippen LogP contribution is 2.24. The van der Waals surface area contributed by atoms with Crippen LogP contribution in [0.25, 0.3) is 0 Å². The van der Waals surface area contributed by atoms with E-state index >= 15 is 0 Å². The molecule has 0 amide bonds. The lowest BCUT2D eigenvalue weighted by Gasteiger charge is -2.18. The van der Waals surface area contributed by atoms with Crippen LogP contribution in [0.2, 0.25) is 0 Å². The first kappa shape index (κ1) is 20.8. The summed E-state index contributed by atoms with van der Waals surface area (Å²) in [5, 5.41) is 37.9. The zero-order valence-electron chi connectivity index (χ0n) is 14.0. The summed E-state index contributed by atoms with van der Waals surface area (Å²) < 4.78 is 16.1. The summed E-state index contributed by atoms with van der Waals surface area (Å²) >= 11 is 0. The van der Waals surface area contributed by atoms with Crippen molar-refractivity contribution >= 4 is 0 Å². The van der Waals surface area contributed by atoms with Gasteiger partial charge < -0.3 is 34.6 Å². The van der Waals surface area contributed by atoms with Crippen molar-refractivity contribution in [3.63, 3.8) is 0 Å². The third-order valence-electron chi connectivity index (χ3n) is 3.89. The second-order valence-corrected chi connectivity index (χ2v) is 5.95. The van der Waals surface area contributed by atoms with Crippen LogP contribution in [0.1, 0.15) is 45.4 Å². The van der Waals surface area contributed by atoms with Gasteiger partial charge in [-0.1, -0.05) is 26.2 Å². The van der Waals surface area contributed by atoms with Crippen LogP contribution in [0.4, 0.5) is 0 Å². The smallest absolute Gasteiger partial charge is 0.186 e. The van der Waals surface area contributed by atoms with Crippen molar-refractivity contribution in [2.45, 2.75) is 76.2 Å². The first-order valence-electron chi connectivity index (χ1n) is 8.61. The maximum Gasteiger partial charge on any atom is 0.186 e. The van der Waals surface area contributed by atoms with E-state index in [1.54, 1.807) is 0 Å². The second-order valence-electron chi connectivity index (χ2n) is 5.95. The molecule has 0 spiro atoms. The Balaban J connectivity index is 2.03.